The molecule has 0 bridgehead atoms. The third-order valence-corrected chi connectivity index (χ3v) is 2.87. The molecule has 3 nitrogen and oxygen atoms in total. The fourth-order valence-corrected chi connectivity index (χ4v) is 1.68. The zero-order valence-corrected chi connectivity index (χ0v) is 9.58. The van der Waals surface area contributed by atoms with Gasteiger partial charge in [-0.05, 0) is 18.2 Å². The fraction of sp³-hybridized carbons (Fsp3) is 0.143. The van der Waals surface area contributed by atoms with Gasteiger partial charge in [0.1, 0.15) is 0 Å². The minimum atomic E-state index is -5.71. The first kappa shape index (κ1) is 13.4. The van der Waals surface area contributed by atoms with Crippen molar-refractivity contribution in [3.8, 4) is 5.75 Å². The molecule has 0 unspecified atom stereocenters. The lowest BCUT2D eigenvalue weighted by Crippen LogP contribution is -2.28. The average Bonchev–Trinajstić information content (AvgIpc) is 2.08. The van der Waals surface area contributed by atoms with E-state index in [9.17, 15) is 21.6 Å². The van der Waals surface area contributed by atoms with Gasteiger partial charge in [-0.3, -0.25) is 0 Å². The van der Waals surface area contributed by atoms with E-state index < -0.39 is 21.4 Å². The lowest BCUT2D eigenvalue weighted by atomic mass is 10.3. The van der Waals surface area contributed by atoms with E-state index in [1.807, 2.05) is 0 Å². The van der Waals surface area contributed by atoms with E-state index in [1.54, 1.807) is 0 Å². The topological polar surface area (TPSA) is 43.4 Å². The molecule has 0 radical (unpaired) electrons. The quantitative estimate of drug-likeness (QED) is 0.621. The minimum absolute atomic E-state index is 0.141. The van der Waals surface area contributed by atoms with Crippen LogP contribution in [-0.2, 0) is 10.1 Å². The predicted molar refractivity (Wildman–Crippen MR) is 52.1 cm³/mol. The highest BCUT2D eigenvalue weighted by atomic mass is 35.5. The second-order valence-corrected chi connectivity index (χ2v) is 4.94. The lowest BCUT2D eigenvalue weighted by Gasteiger charge is -2.10. The first-order chi connectivity index (χ1) is 7.13. The maximum atomic E-state index is 11.9. The largest absolute Gasteiger partial charge is 0.534 e. The molecular formula is C7H3Cl2F3O3S. The molecule has 0 aliphatic rings. The molecule has 1 aromatic carbocycles. The molecule has 1 aromatic rings. The number of halogens is 5. The monoisotopic (exact) mass is 294 g/mol. The van der Waals surface area contributed by atoms with Crippen LogP contribution in [0.15, 0.2) is 18.2 Å². The maximum Gasteiger partial charge on any atom is 0.534 e. The van der Waals surface area contributed by atoms with E-state index in [0.717, 1.165) is 18.2 Å². The summed E-state index contributed by atoms with van der Waals surface area (Å²) in [5.41, 5.74) is -5.50. The van der Waals surface area contributed by atoms with E-state index in [0.29, 0.717) is 0 Å². The van der Waals surface area contributed by atoms with Crippen molar-refractivity contribution in [3.63, 3.8) is 0 Å². The summed E-state index contributed by atoms with van der Waals surface area (Å²) in [6.45, 7) is 0. The molecule has 0 N–H and O–H groups in total. The number of hydrogen-bond acceptors (Lipinski definition) is 3. The summed E-state index contributed by atoms with van der Waals surface area (Å²) in [6, 6.07) is 3.13. The van der Waals surface area contributed by atoms with Gasteiger partial charge < -0.3 is 4.18 Å². The van der Waals surface area contributed by atoms with Gasteiger partial charge in [0.15, 0.2) is 5.75 Å². The Morgan fingerprint density at radius 2 is 1.75 bits per heavy atom. The molecule has 0 atom stereocenters. The zero-order valence-electron chi connectivity index (χ0n) is 7.25. The molecule has 0 spiro atoms. The van der Waals surface area contributed by atoms with Gasteiger partial charge >= 0.3 is 15.6 Å². The van der Waals surface area contributed by atoms with Crippen molar-refractivity contribution in [2.75, 3.05) is 0 Å². The van der Waals surface area contributed by atoms with Crippen molar-refractivity contribution >= 4 is 33.3 Å². The molecule has 0 aliphatic carbocycles. The van der Waals surface area contributed by atoms with Crippen LogP contribution in [0.2, 0.25) is 10.0 Å². The number of alkyl halides is 3. The molecule has 1 rings (SSSR count). The maximum absolute atomic E-state index is 11.9. The summed E-state index contributed by atoms with van der Waals surface area (Å²) in [5, 5.41) is -0.193. The number of benzene rings is 1. The normalized spacial score (nSPS) is 12.6. The van der Waals surface area contributed by atoms with Crippen molar-refractivity contribution in [1.82, 2.24) is 0 Å². The van der Waals surface area contributed by atoms with Crippen LogP contribution in [-0.4, -0.2) is 13.9 Å². The van der Waals surface area contributed by atoms with E-state index in [1.165, 1.54) is 0 Å². The zero-order chi connectivity index (χ0) is 12.6. The number of hydrogen-bond donors (Lipinski definition) is 0. The molecule has 0 aromatic heterocycles. The summed E-state index contributed by atoms with van der Waals surface area (Å²) >= 11 is 10.9. The molecule has 90 valence electrons. The fourth-order valence-electron chi connectivity index (χ4n) is 0.708. The third-order valence-electron chi connectivity index (χ3n) is 1.38. The second-order valence-electron chi connectivity index (χ2n) is 2.56. The molecule has 0 saturated carbocycles. The Kier molecular flexibility index (Phi) is 3.61. The van der Waals surface area contributed by atoms with Crippen molar-refractivity contribution in [2.45, 2.75) is 5.51 Å². The number of rotatable bonds is 2. The van der Waals surface area contributed by atoms with Crippen LogP contribution in [0.3, 0.4) is 0 Å². The highest BCUT2D eigenvalue weighted by molar-refractivity contribution is 7.88. The Balaban J connectivity index is 3.07. The first-order valence-electron chi connectivity index (χ1n) is 3.59. The van der Waals surface area contributed by atoms with Crippen molar-refractivity contribution in [1.29, 1.82) is 0 Å². The Morgan fingerprint density at radius 3 is 2.19 bits per heavy atom. The summed E-state index contributed by atoms with van der Waals surface area (Å²) in [4.78, 5) is 0. The average molecular weight is 295 g/mol. The van der Waals surface area contributed by atoms with Crippen LogP contribution in [0.1, 0.15) is 0 Å². The van der Waals surface area contributed by atoms with Gasteiger partial charge in [-0.25, -0.2) is 0 Å². The van der Waals surface area contributed by atoms with E-state index in [2.05, 4.69) is 4.18 Å². The SMILES string of the molecule is O=S(=O)(Oc1ccc(Cl)cc1Cl)C(F)(F)F. The van der Waals surface area contributed by atoms with Crippen LogP contribution in [0.5, 0.6) is 5.75 Å². The predicted octanol–water partition coefficient (Wildman–Crippen LogP) is 3.22. The molecule has 0 amide bonds. The van der Waals surface area contributed by atoms with E-state index >= 15 is 0 Å². The van der Waals surface area contributed by atoms with Gasteiger partial charge in [-0.15, -0.1) is 0 Å². The van der Waals surface area contributed by atoms with Crippen molar-refractivity contribution in [2.24, 2.45) is 0 Å². The smallest absolute Gasteiger partial charge is 0.374 e. The molecule has 0 saturated heterocycles. The summed E-state index contributed by atoms with van der Waals surface area (Å²) in [6.07, 6.45) is 0. The van der Waals surface area contributed by atoms with Gasteiger partial charge in [0, 0.05) is 5.02 Å². The molecule has 0 heterocycles. The second kappa shape index (κ2) is 4.31. The Bertz CT molecular complexity index is 498. The van der Waals surface area contributed by atoms with E-state index in [-0.39, 0.29) is 10.0 Å². The third kappa shape index (κ3) is 2.93. The van der Waals surface area contributed by atoms with Crippen LogP contribution < -0.4 is 4.18 Å². The molecule has 9 heteroatoms. The summed E-state index contributed by atoms with van der Waals surface area (Å²) in [7, 11) is -5.71. The van der Waals surface area contributed by atoms with Crippen molar-refractivity contribution in [3.05, 3.63) is 28.2 Å². The molecule has 0 fully saturated rings. The molecule has 0 aliphatic heterocycles. The standard InChI is InChI=1S/C7H3Cl2F3O3S/c8-4-1-2-6(5(9)3-4)15-16(13,14)7(10,11)12/h1-3H. The highest BCUT2D eigenvalue weighted by Crippen LogP contribution is 2.32. The van der Waals surface area contributed by atoms with Crippen LogP contribution >= 0.6 is 23.2 Å². The Labute approximate surface area is 98.8 Å². The minimum Gasteiger partial charge on any atom is -0.374 e. The van der Waals surface area contributed by atoms with E-state index in [4.69, 9.17) is 23.2 Å². The Hall–Kier alpha value is -0.660. The Morgan fingerprint density at radius 1 is 1.19 bits per heavy atom. The van der Waals surface area contributed by atoms with Gasteiger partial charge in [0.25, 0.3) is 0 Å². The highest BCUT2D eigenvalue weighted by Gasteiger charge is 2.48. The summed E-state index contributed by atoms with van der Waals surface area (Å²) in [5.74, 6) is -0.636. The van der Waals surface area contributed by atoms with Crippen LogP contribution in [0.4, 0.5) is 13.2 Å². The van der Waals surface area contributed by atoms with Crippen LogP contribution in [0.25, 0.3) is 0 Å². The first-order valence-corrected chi connectivity index (χ1v) is 5.76. The van der Waals surface area contributed by atoms with Gasteiger partial charge in [0.2, 0.25) is 0 Å². The summed E-state index contributed by atoms with van der Waals surface area (Å²) < 4.78 is 60.9. The lowest BCUT2D eigenvalue weighted by molar-refractivity contribution is -0.0500. The van der Waals surface area contributed by atoms with Crippen molar-refractivity contribution < 1.29 is 25.8 Å². The van der Waals surface area contributed by atoms with Gasteiger partial charge in [-0.2, -0.15) is 21.6 Å². The molecular weight excluding hydrogens is 292 g/mol. The van der Waals surface area contributed by atoms with Gasteiger partial charge in [0.05, 0.1) is 5.02 Å². The van der Waals surface area contributed by atoms with Gasteiger partial charge in [-0.1, -0.05) is 23.2 Å². The molecule has 16 heavy (non-hydrogen) atoms. The van der Waals surface area contributed by atoms with Crippen LogP contribution in [0, 0.1) is 0 Å².